The van der Waals surface area contributed by atoms with E-state index in [1.807, 2.05) is 12.1 Å². The highest BCUT2D eigenvalue weighted by Gasteiger charge is 1.99. The molecule has 4 N–H and O–H groups in total. The fraction of sp³-hybridized carbons (Fsp3) is 0.143. The molecule has 0 amide bonds. The van der Waals surface area contributed by atoms with E-state index in [1.165, 1.54) is 0 Å². The molecular formula is C7H9N5O. The Hall–Kier alpha value is -1.98. The summed E-state index contributed by atoms with van der Waals surface area (Å²) < 4.78 is 5.10. The lowest BCUT2D eigenvalue weighted by atomic mass is 10.4. The molecule has 6 nitrogen and oxygen atoms in total. The first-order valence-corrected chi connectivity index (χ1v) is 3.79. The van der Waals surface area contributed by atoms with Gasteiger partial charge in [0, 0.05) is 0 Å². The van der Waals surface area contributed by atoms with Crippen LogP contribution in [0.3, 0.4) is 0 Å². The summed E-state index contributed by atoms with van der Waals surface area (Å²) in [5, 5.41) is 9.26. The van der Waals surface area contributed by atoms with Gasteiger partial charge in [-0.15, -0.1) is 5.10 Å². The third-order valence-corrected chi connectivity index (χ3v) is 1.50. The van der Waals surface area contributed by atoms with Crippen molar-refractivity contribution in [2.75, 3.05) is 11.1 Å². The van der Waals surface area contributed by atoms with E-state index >= 15 is 0 Å². The number of rotatable bonds is 3. The van der Waals surface area contributed by atoms with Gasteiger partial charge in [0.15, 0.2) is 0 Å². The number of furan rings is 1. The van der Waals surface area contributed by atoms with Crippen LogP contribution < -0.4 is 11.1 Å². The molecule has 2 aromatic rings. The number of nitrogen functional groups attached to an aromatic ring is 1. The number of hydrogen-bond acceptors (Lipinski definition) is 5. The Bertz CT molecular complexity index is 366. The molecule has 0 aliphatic rings. The number of nitrogens with one attached hydrogen (secondary N) is 2. The fourth-order valence-electron chi connectivity index (χ4n) is 0.933. The van der Waals surface area contributed by atoms with Gasteiger partial charge in [0.2, 0.25) is 11.9 Å². The van der Waals surface area contributed by atoms with Gasteiger partial charge in [0.1, 0.15) is 5.76 Å². The van der Waals surface area contributed by atoms with Crippen molar-refractivity contribution in [2.45, 2.75) is 6.54 Å². The van der Waals surface area contributed by atoms with Gasteiger partial charge in [-0.3, -0.25) is 0 Å². The monoisotopic (exact) mass is 179 g/mol. The minimum absolute atomic E-state index is 0.293. The van der Waals surface area contributed by atoms with Crippen molar-refractivity contribution in [1.82, 2.24) is 15.2 Å². The van der Waals surface area contributed by atoms with E-state index in [0.717, 1.165) is 5.76 Å². The topological polar surface area (TPSA) is 92.8 Å². The summed E-state index contributed by atoms with van der Waals surface area (Å²) in [5.74, 6) is 1.58. The van der Waals surface area contributed by atoms with E-state index in [9.17, 15) is 0 Å². The quantitative estimate of drug-likeness (QED) is 0.641. The van der Waals surface area contributed by atoms with Gasteiger partial charge in [0.05, 0.1) is 12.8 Å². The predicted molar refractivity (Wildman–Crippen MR) is 46.8 cm³/mol. The Balaban J connectivity index is 1.93. The van der Waals surface area contributed by atoms with Crippen LogP contribution in [0.4, 0.5) is 11.9 Å². The summed E-state index contributed by atoms with van der Waals surface area (Å²) in [6.07, 6.45) is 1.61. The van der Waals surface area contributed by atoms with Crippen molar-refractivity contribution in [3.05, 3.63) is 24.2 Å². The number of hydrogen-bond donors (Lipinski definition) is 3. The van der Waals surface area contributed by atoms with Crippen molar-refractivity contribution in [3.63, 3.8) is 0 Å². The van der Waals surface area contributed by atoms with Gasteiger partial charge in [-0.1, -0.05) is 0 Å². The standard InChI is InChI=1S/C7H9N5O/c8-6-10-7(12-11-6)9-4-5-2-1-3-13-5/h1-3H,4H2,(H4,8,9,10,11,12). The molecule has 0 saturated heterocycles. The second-order valence-electron chi connectivity index (χ2n) is 2.48. The molecule has 6 heteroatoms. The summed E-state index contributed by atoms with van der Waals surface area (Å²) in [4.78, 5) is 3.87. The van der Waals surface area contributed by atoms with Gasteiger partial charge >= 0.3 is 0 Å². The highest BCUT2D eigenvalue weighted by molar-refractivity contribution is 5.30. The van der Waals surface area contributed by atoms with Crippen LogP contribution in [0, 0.1) is 0 Å². The predicted octanol–water partition coefficient (Wildman–Crippen LogP) is 0.592. The van der Waals surface area contributed by atoms with Crippen molar-refractivity contribution in [1.29, 1.82) is 0 Å². The van der Waals surface area contributed by atoms with Gasteiger partial charge in [-0.25, -0.2) is 5.10 Å². The molecule has 0 radical (unpaired) electrons. The van der Waals surface area contributed by atoms with Crippen molar-refractivity contribution in [2.24, 2.45) is 0 Å². The Morgan fingerprint density at radius 3 is 3.15 bits per heavy atom. The molecule has 0 fully saturated rings. The fourth-order valence-corrected chi connectivity index (χ4v) is 0.933. The SMILES string of the molecule is Nc1nc(NCc2ccco2)n[nH]1. The molecular weight excluding hydrogens is 170 g/mol. The van der Waals surface area contributed by atoms with Gasteiger partial charge in [-0.05, 0) is 12.1 Å². The third-order valence-electron chi connectivity index (χ3n) is 1.50. The van der Waals surface area contributed by atoms with Crippen molar-refractivity contribution < 1.29 is 4.42 Å². The van der Waals surface area contributed by atoms with Gasteiger partial charge < -0.3 is 15.5 Å². The first kappa shape index (κ1) is 7.66. The largest absolute Gasteiger partial charge is 0.467 e. The number of H-pyrrole nitrogens is 1. The van der Waals surface area contributed by atoms with Crippen molar-refractivity contribution >= 4 is 11.9 Å². The van der Waals surface area contributed by atoms with Crippen LogP contribution in [0.25, 0.3) is 0 Å². The molecule has 0 aliphatic heterocycles. The van der Waals surface area contributed by atoms with Crippen molar-refractivity contribution in [3.8, 4) is 0 Å². The average molecular weight is 179 g/mol. The maximum atomic E-state index is 5.33. The Morgan fingerprint density at radius 2 is 2.54 bits per heavy atom. The normalized spacial score (nSPS) is 10.2. The molecule has 0 aliphatic carbocycles. The van der Waals surface area contributed by atoms with Crippen LogP contribution in [0.2, 0.25) is 0 Å². The lowest BCUT2D eigenvalue weighted by Crippen LogP contribution is -1.99. The first-order valence-electron chi connectivity index (χ1n) is 3.79. The van der Waals surface area contributed by atoms with Crippen LogP contribution in [-0.2, 0) is 6.54 Å². The number of aromatic amines is 1. The maximum Gasteiger partial charge on any atom is 0.244 e. The van der Waals surface area contributed by atoms with Crippen LogP contribution in [0.5, 0.6) is 0 Å². The summed E-state index contributed by atoms with van der Waals surface area (Å²) in [6.45, 7) is 0.546. The minimum Gasteiger partial charge on any atom is -0.467 e. The lowest BCUT2D eigenvalue weighted by molar-refractivity contribution is 0.517. The Labute approximate surface area is 74.2 Å². The van der Waals surface area contributed by atoms with Gasteiger partial charge in [-0.2, -0.15) is 4.98 Å². The second-order valence-corrected chi connectivity index (χ2v) is 2.48. The van der Waals surface area contributed by atoms with E-state index in [-0.39, 0.29) is 0 Å². The minimum atomic E-state index is 0.293. The summed E-state index contributed by atoms with van der Waals surface area (Å²) >= 11 is 0. The smallest absolute Gasteiger partial charge is 0.244 e. The van der Waals surface area contributed by atoms with E-state index < -0.39 is 0 Å². The molecule has 0 saturated carbocycles. The summed E-state index contributed by atoms with van der Waals surface area (Å²) in [6, 6.07) is 3.69. The Morgan fingerprint density at radius 1 is 1.62 bits per heavy atom. The Kier molecular flexibility index (Phi) is 1.87. The molecule has 0 unspecified atom stereocenters. The van der Waals surface area contributed by atoms with E-state index in [4.69, 9.17) is 10.2 Å². The number of nitrogens with two attached hydrogens (primary N) is 1. The zero-order valence-electron chi connectivity index (χ0n) is 6.82. The molecule has 0 spiro atoms. The number of nitrogens with zero attached hydrogens (tertiary/aromatic N) is 2. The molecule has 0 bridgehead atoms. The third kappa shape index (κ3) is 1.78. The summed E-state index contributed by atoms with van der Waals surface area (Å²) in [7, 11) is 0. The highest BCUT2D eigenvalue weighted by Crippen LogP contribution is 2.04. The van der Waals surface area contributed by atoms with Crippen LogP contribution in [-0.4, -0.2) is 15.2 Å². The average Bonchev–Trinajstić information content (AvgIpc) is 2.71. The van der Waals surface area contributed by atoms with E-state index in [1.54, 1.807) is 6.26 Å². The highest BCUT2D eigenvalue weighted by atomic mass is 16.3. The summed E-state index contributed by atoms with van der Waals surface area (Å²) in [5.41, 5.74) is 5.33. The van der Waals surface area contributed by atoms with Crippen LogP contribution in [0.15, 0.2) is 22.8 Å². The molecule has 2 aromatic heterocycles. The maximum absolute atomic E-state index is 5.33. The van der Waals surface area contributed by atoms with Crippen LogP contribution in [0.1, 0.15) is 5.76 Å². The number of aromatic nitrogens is 3. The molecule has 0 atom stereocenters. The molecule has 2 rings (SSSR count). The first-order chi connectivity index (χ1) is 6.34. The zero-order chi connectivity index (χ0) is 9.10. The molecule has 2 heterocycles. The zero-order valence-corrected chi connectivity index (χ0v) is 6.82. The van der Waals surface area contributed by atoms with E-state index in [2.05, 4.69) is 20.5 Å². The van der Waals surface area contributed by atoms with E-state index in [0.29, 0.717) is 18.4 Å². The van der Waals surface area contributed by atoms with Crippen LogP contribution >= 0.6 is 0 Å². The lowest BCUT2D eigenvalue weighted by Gasteiger charge is -1.96. The molecule has 0 aromatic carbocycles. The molecule has 68 valence electrons. The number of anilines is 2. The van der Waals surface area contributed by atoms with Gasteiger partial charge in [0.25, 0.3) is 0 Å². The molecule has 13 heavy (non-hydrogen) atoms. The second kappa shape index (κ2) is 3.18.